The Morgan fingerprint density at radius 3 is 2.32 bits per heavy atom. The Balaban J connectivity index is 1.23. The number of nitrogens with one attached hydrogen (secondary N) is 2. The number of benzene rings is 4. The van der Waals surface area contributed by atoms with Crippen LogP contribution in [0.1, 0.15) is 57.6 Å². The Bertz CT molecular complexity index is 1530. The van der Waals surface area contributed by atoms with Crippen LogP contribution in [0.5, 0.6) is 0 Å². The fourth-order valence-corrected chi connectivity index (χ4v) is 5.36. The number of amidine groups is 1. The van der Waals surface area contributed by atoms with Crippen LogP contribution < -0.4 is 10.6 Å². The van der Waals surface area contributed by atoms with Gasteiger partial charge in [-0.1, -0.05) is 48.5 Å². The number of hydrogen-bond donors (Lipinski definition) is 2. The number of carbonyl (C=O) groups is 1. The van der Waals surface area contributed by atoms with Gasteiger partial charge in [-0.15, -0.1) is 0 Å². The molecule has 1 amide bonds. The minimum absolute atomic E-state index is 0.125. The maximum Gasteiger partial charge on any atom is 0.251 e. The molecule has 0 heterocycles. The van der Waals surface area contributed by atoms with E-state index in [1.54, 1.807) is 54.6 Å². The van der Waals surface area contributed by atoms with Gasteiger partial charge in [-0.3, -0.25) is 9.79 Å². The predicted molar refractivity (Wildman–Crippen MR) is 158 cm³/mol. The van der Waals surface area contributed by atoms with Crippen LogP contribution in [-0.4, -0.2) is 18.3 Å². The summed E-state index contributed by atoms with van der Waals surface area (Å²) in [4.78, 5) is 17.7. The van der Waals surface area contributed by atoms with Crippen molar-refractivity contribution in [3.05, 3.63) is 124 Å². The highest BCUT2D eigenvalue weighted by molar-refractivity contribution is 5.95. The number of aryl methyl sites for hydroxylation is 1. The van der Waals surface area contributed by atoms with E-state index < -0.39 is 13.3 Å². The van der Waals surface area contributed by atoms with E-state index in [0.29, 0.717) is 34.4 Å². The lowest BCUT2D eigenvalue weighted by Crippen LogP contribution is -2.27. The summed E-state index contributed by atoms with van der Waals surface area (Å²) >= 11 is 0. The predicted octanol–water partition coefficient (Wildman–Crippen LogP) is 7.92. The van der Waals surface area contributed by atoms with Crippen molar-refractivity contribution in [2.45, 2.75) is 45.6 Å². The number of hydrogen-bond acceptors (Lipinski definition) is 2. The van der Waals surface area contributed by atoms with Gasteiger partial charge >= 0.3 is 0 Å². The fourth-order valence-electron chi connectivity index (χ4n) is 5.36. The van der Waals surface area contributed by atoms with Gasteiger partial charge in [-0.05, 0) is 102 Å². The first-order chi connectivity index (χ1) is 19.9. The first-order valence-electron chi connectivity index (χ1n) is 13.7. The van der Waals surface area contributed by atoms with Crippen LogP contribution in [0.15, 0.2) is 89.9 Å². The summed E-state index contributed by atoms with van der Waals surface area (Å²) in [5.74, 6) is 0.329. The molecule has 0 aromatic heterocycles. The summed E-state index contributed by atoms with van der Waals surface area (Å²) in [6.07, 6.45) is 2.39. The van der Waals surface area contributed by atoms with E-state index in [-0.39, 0.29) is 17.8 Å². The van der Waals surface area contributed by atoms with Crippen LogP contribution >= 0.6 is 0 Å². The molecule has 1 aliphatic carbocycles. The summed E-state index contributed by atoms with van der Waals surface area (Å²) in [6, 6.07) is 24.3. The van der Waals surface area contributed by atoms with Crippen LogP contribution in [0.4, 0.5) is 18.9 Å². The molecule has 0 unspecified atom stereocenters. The normalized spacial score (nSPS) is 14.5. The maximum atomic E-state index is 13.6. The molecular formula is C34H32F3N3O. The average molecular weight is 556 g/mol. The van der Waals surface area contributed by atoms with Crippen molar-refractivity contribution < 1.29 is 18.0 Å². The summed E-state index contributed by atoms with van der Waals surface area (Å²) in [5, 5.41) is 6.49. The SMILES string of the molecule is CC(=NCCc1ccc(F)cc1)Nc1ccc2c(c1)[C@H](NC(=O)c1ccc(-c3c(CF)cccc3CF)cc1)CC2. The Morgan fingerprint density at radius 2 is 1.63 bits per heavy atom. The Kier molecular flexibility index (Phi) is 8.82. The molecule has 4 nitrogen and oxygen atoms in total. The highest BCUT2D eigenvalue weighted by Gasteiger charge is 2.25. The zero-order valence-electron chi connectivity index (χ0n) is 22.9. The monoisotopic (exact) mass is 555 g/mol. The summed E-state index contributed by atoms with van der Waals surface area (Å²) in [7, 11) is 0. The highest BCUT2D eigenvalue weighted by atomic mass is 19.1. The third-order valence-electron chi connectivity index (χ3n) is 7.48. The van der Waals surface area contributed by atoms with E-state index in [1.807, 2.05) is 13.0 Å². The van der Waals surface area contributed by atoms with Gasteiger partial charge in [-0.2, -0.15) is 0 Å². The van der Waals surface area contributed by atoms with Gasteiger partial charge < -0.3 is 10.6 Å². The van der Waals surface area contributed by atoms with E-state index in [1.165, 1.54) is 17.7 Å². The average Bonchev–Trinajstić information content (AvgIpc) is 3.39. The summed E-state index contributed by atoms with van der Waals surface area (Å²) in [6.45, 7) is 1.11. The standard InChI is InChI=1S/C34H32F3N3O/c1-22(38-18-17-23-5-13-29(37)14-6-23)39-30-15-11-24-12-16-32(31(24)19-30)40-34(41)26-9-7-25(8-10-26)33-27(20-35)3-2-4-28(33)21-36/h2-11,13-15,19,32H,12,16-18,20-21H2,1H3,(H,38,39)(H,40,41)/t32-/m1/s1. The molecule has 0 saturated carbocycles. The third-order valence-corrected chi connectivity index (χ3v) is 7.48. The van der Waals surface area contributed by atoms with E-state index in [0.717, 1.165) is 41.9 Å². The van der Waals surface area contributed by atoms with Gasteiger partial charge in [-0.25, -0.2) is 13.2 Å². The molecule has 0 aliphatic heterocycles. The molecule has 0 spiro atoms. The number of halogens is 3. The van der Waals surface area contributed by atoms with Gasteiger partial charge in [0.2, 0.25) is 0 Å². The van der Waals surface area contributed by atoms with Crippen molar-refractivity contribution in [2.75, 3.05) is 11.9 Å². The first kappa shape index (κ1) is 28.1. The first-order valence-corrected chi connectivity index (χ1v) is 13.7. The molecule has 0 radical (unpaired) electrons. The Hall–Kier alpha value is -4.39. The van der Waals surface area contributed by atoms with E-state index in [9.17, 15) is 18.0 Å². The van der Waals surface area contributed by atoms with Crippen molar-refractivity contribution in [1.29, 1.82) is 0 Å². The Labute approximate surface area is 238 Å². The summed E-state index contributed by atoms with van der Waals surface area (Å²) in [5.41, 5.74) is 6.76. The van der Waals surface area contributed by atoms with Gasteiger partial charge in [0.25, 0.3) is 5.91 Å². The van der Waals surface area contributed by atoms with Crippen molar-refractivity contribution in [3.63, 3.8) is 0 Å². The number of nitrogens with zero attached hydrogens (tertiary/aromatic N) is 1. The second kappa shape index (κ2) is 12.9. The van der Waals surface area contributed by atoms with Crippen LogP contribution in [-0.2, 0) is 26.2 Å². The number of alkyl halides is 2. The molecule has 0 bridgehead atoms. The van der Waals surface area contributed by atoms with E-state index >= 15 is 0 Å². The second-order valence-corrected chi connectivity index (χ2v) is 10.2. The van der Waals surface area contributed by atoms with Gasteiger partial charge in [0.1, 0.15) is 19.2 Å². The number of aliphatic imine (C=N–C) groups is 1. The zero-order chi connectivity index (χ0) is 28.8. The number of fused-ring (bicyclic) bond motifs is 1. The number of carbonyl (C=O) groups excluding carboxylic acids is 1. The Morgan fingerprint density at radius 1 is 0.927 bits per heavy atom. The van der Waals surface area contributed by atoms with Crippen LogP contribution in [0.3, 0.4) is 0 Å². The maximum absolute atomic E-state index is 13.6. The second-order valence-electron chi connectivity index (χ2n) is 10.2. The molecule has 4 aromatic carbocycles. The highest BCUT2D eigenvalue weighted by Crippen LogP contribution is 2.34. The van der Waals surface area contributed by atoms with E-state index in [2.05, 4.69) is 27.8 Å². The molecule has 210 valence electrons. The van der Waals surface area contributed by atoms with Crippen LogP contribution in [0.2, 0.25) is 0 Å². The third kappa shape index (κ3) is 6.68. The lowest BCUT2D eigenvalue weighted by Gasteiger charge is -2.16. The van der Waals surface area contributed by atoms with Gasteiger partial charge in [0.15, 0.2) is 0 Å². The number of rotatable bonds is 9. The van der Waals surface area contributed by atoms with Crippen molar-refractivity contribution in [3.8, 4) is 11.1 Å². The molecule has 5 rings (SSSR count). The number of anilines is 1. The minimum Gasteiger partial charge on any atom is -0.345 e. The van der Waals surface area contributed by atoms with Crippen molar-refractivity contribution in [2.24, 2.45) is 4.99 Å². The molecular weight excluding hydrogens is 523 g/mol. The topological polar surface area (TPSA) is 53.5 Å². The van der Waals surface area contributed by atoms with Crippen molar-refractivity contribution in [1.82, 2.24) is 5.32 Å². The fraction of sp³-hybridized carbons (Fsp3) is 0.235. The lowest BCUT2D eigenvalue weighted by molar-refractivity contribution is 0.0936. The van der Waals surface area contributed by atoms with Crippen LogP contribution in [0.25, 0.3) is 11.1 Å². The number of amides is 1. The molecule has 1 aliphatic rings. The largest absolute Gasteiger partial charge is 0.345 e. The molecule has 0 saturated heterocycles. The van der Waals surface area contributed by atoms with Gasteiger partial charge in [0, 0.05) is 17.8 Å². The molecule has 7 heteroatoms. The lowest BCUT2D eigenvalue weighted by atomic mass is 9.94. The smallest absolute Gasteiger partial charge is 0.251 e. The minimum atomic E-state index is -0.690. The zero-order valence-corrected chi connectivity index (χ0v) is 22.9. The van der Waals surface area contributed by atoms with Crippen molar-refractivity contribution >= 4 is 17.4 Å². The molecule has 0 fully saturated rings. The molecule has 4 aromatic rings. The summed E-state index contributed by atoms with van der Waals surface area (Å²) < 4.78 is 40.2. The van der Waals surface area contributed by atoms with E-state index in [4.69, 9.17) is 0 Å². The quantitative estimate of drug-likeness (QED) is 0.163. The molecule has 41 heavy (non-hydrogen) atoms. The molecule has 2 N–H and O–H groups in total. The van der Waals surface area contributed by atoms with Crippen LogP contribution in [0, 0.1) is 5.82 Å². The molecule has 1 atom stereocenters. The van der Waals surface area contributed by atoms with Gasteiger partial charge in [0.05, 0.1) is 11.9 Å².